The molecule has 0 spiro atoms. The molecular formula is C21H20ClN3O3. The Labute approximate surface area is 167 Å². The largest absolute Gasteiger partial charge is 0.493 e. The summed E-state index contributed by atoms with van der Waals surface area (Å²) in [7, 11) is 0. The third kappa shape index (κ3) is 2.80. The summed E-state index contributed by atoms with van der Waals surface area (Å²) in [6.45, 7) is 2.60. The van der Waals surface area contributed by atoms with E-state index in [0.717, 1.165) is 17.9 Å². The summed E-state index contributed by atoms with van der Waals surface area (Å²) in [5, 5.41) is 10.7. The van der Waals surface area contributed by atoms with Gasteiger partial charge in [0.2, 0.25) is 0 Å². The maximum atomic E-state index is 12.4. The van der Waals surface area contributed by atoms with E-state index in [9.17, 15) is 9.90 Å². The van der Waals surface area contributed by atoms with Gasteiger partial charge >= 0.3 is 0 Å². The molecule has 5 rings (SSSR count). The first-order valence-electron chi connectivity index (χ1n) is 9.31. The van der Waals surface area contributed by atoms with Crippen molar-refractivity contribution in [2.24, 2.45) is 5.41 Å². The van der Waals surface area contributed by atoms with Crippen LogP contribution in [0, 0.1) is 5.41 Å². The van der Waals surface area contributed by atoms with E-state index in [1.807, 2.05) is 18.2 Å². The van der Waals surface area contributed by atoms with E-state index in [1.165, 1.54) is 4.40 Å². The number of hydrogen-bond acceptors (Lipinski definition) is 5. The number of benzene rings is 1. The molecule has 2 aromatic heterocycles. The molecule has 1 N–H and O–H groups in total. The number of rotatable bonds is 3. The lowest BCUT2D eigenvalue weighted by Crippen LogP contribution is -2.42. The number of aliphatic hydroxyl groups excluding tert-OH is 1. The van der Waals surface area contributed by atoms with Gasteiger partial charge < -0.3 is 9.84 Å². The smallest absolute Gasteiger partial charge is 0.258 e. The molecule has 0 amide bonds. The van der Waals surface area contributed by atoms with Crippen LogP contribution >= 0.6 is 11.6 Å². The number of ether oxygens (including phenoxy) is 1. The number of nitrogens with zero attached hydrogens (tertiary/aromatic N) is 3. The van der Waals surface area contributed by atoms with Gasteiger partial charge in [-0.2, -0.15) is 0 Å². The number of likely N-dealkylation sites (tertiary alicyclic amines) is 1. The maximum Gasteiger partial charge on any atom is 0.258 e. The van der Waals surface area contributed by atoms with Gasteiger partial charge in [0.1, 0.15) is 11.4 Å². The molecule has 1 fully saturated rings. The molecule has 2 atom stereocenters. The molecule has 0 bridgehead atoms. The lowest BCUT2D eigenvalue weighted by molar-refractivity contribution is 0.0457. The molecule has 0 radical (unpaired) electrons. The SMILES string of the molecule is O=c1cc(CN2CC3c4ccccc4OCC3(CO)C2)nc2ccc(Cl)cn12. The number of halogens is 1. The fourth-order valence-electron chi connectivity index (χ4n) is 4.53. The van der Waals surface area contributed by atoms with Crippen LogP contribution < -0.4 is 10.3 Å². The Morgan fingerprint density at radius 2 is 2.14 bits per heavy atom. The van der Waals surface area contributed by atoms with Gasteiger partial charge in [-0.1, -0.05) is 29.8 Å². The first-order chi connectivity index (χ1) is 13.6. The van der Waals surface area contributed by atoms with Crippen LogP contribution in [0.1, 0.15) is 17.2 Å². The molecule has 1 saturated heterocycles. The van der Waals surface area contributed by atoms with E-state index in [1.54, 1.807) is 24.4 Å². The van der Waals surface area contributed by atoms with Crippen molar-refractivity contribution in [1.29, 1.82) is 0 Å². The van der Waals surface area contributed by atoms with Crippen molar-refractivity contribution in [3.8, 4) is 5.75 Å². The third-order valence-corrected chi connectivity index (χ3v) is 6.13. The Bertz CT molecular complexity index is 1120. The van der Waals surface area contributed by atoms with E-state index >= 15 is 0 Å². The lowest BCUT2D eigenvalue weighted by Gasteiger charge is -2.38. The summed E-state index contributed by atoms with van der Waals surface area (Å²) in [5.41, 5.74) is 1.96. The van der Waals surface area contributed by atoms with Crippen LogP contribution in [-0.2, 0) is 6.54 Å². The number of aliphatic hydroxyl groups is 1. The Morgan fingerprint density at radius 1 is 1.29 bits per heavy atom. The van der Waals surface area contributed by atoms with Crippen LogP contribution in [0.5, 0.6) is 5.75 Å². The van der Waals surface area contributed by atoms with Crippen molar-refractivity contribution >= 4 is 17.2 Å². The van der Waals surface area contributed by atoms with E-state index < -0.39 is 0 Å². The third-order valence-electron chi connectivity index (χ3n) is 5.91. The van der Waals surface area contributed by atoms with Crippen molar-refractivity contribution in [2.75, 3.05) is 26.3 Å². The quantitative estimate of drug-likeness (QED) is 0.734. The van der Waals surface area contributed by atoms with Gasteiger partial charge in [-0.15, -0.1) is 0 Å². The Morgan fingerprint density at radius 3 is 3.00 bits per heavy atom. The highest BCUT2D eigenvalue weighted by molar-refractivity contribution is 6.30. The maximum absolute atomic E-state index is 12.4. The monoisotopic (exact) mass is 397 g/mol. The van der Waals surface area contributed by atoms with Crippen LogP contribution in [0.25, 0.3) is 5.65 Å². The van der Waals surface area contributed by atoms with Crippen LogP contribution in [0.15, 0.2) is 53.5 Å². The van der Waals surface area contributed by atoms with E-state index in [2.05, 4.69) is 16.0 Å². The van der Waals surface area contributed by atoms with E-state index in [0.29, 0.717) is 36.1 Å². The highest BCUT2D eigenvalue weighted by Gasteiger charge is 2.50. The Kier molecular flexibility index (Phi) is 4.16. The van der Waals surface area contributed by atoms with E-state index in [-0.39, 0.29) is 23.5 Å². The first-order valence-corrected chi connectivity index (χ1v) is 9.69. The molecule has 4 heterocycles. The Balaban J connectivity index is 1.45. The predicted molar refractivity (Wildman–Crippen MR) is 106 cm³/mol. The average molecular weight is 398 g/mol. The molecule has 2 unspecified atom stereocenters. The molecule has 1 aromatic carbocycles. The average Bonchev–Trinajstić information content (AvgIpc) is 3.08. The summed E-state index contributed by atoms with van der Waals surface area (Å²) in [5.74, 6) is 1.10. The highest BCUT2D eigenvalue weighted by atomic mass is 35.5. The second-order valence-corrected chi connectivity index (χ2v) is 8.17. The number of aromatic nitrogens is 2. The van der Waals surface area contributed by atoms with Gasteiger partial charge in [0, 0.05) is 43.2 Å². The van der Waals surface area contributed by atoms with Gasteiger partial charge in [-0.25, -0.2) is 4.98 Å². The molecule has 6 nitrogen and oxygen atoms in total. The van der Waals surface area contributed by atoms with E-state index in [4.69, 9.17) is 16.3 Å². The highest BCUT2D eigenvalue weighted by Crippen LogP contribution is 2.49. The fourth-order valence-corrected chi connectivity index (χ4v) is 4.69. The predicted octanol–water partition coefficient (Wildman–Crippen LogP) is 2.32. The summed E-state index contributed by atoms with van der Waals surface area (Å²) in [4.78, 5) is 19.3. The summed E-state index contributed by atoms with van der Waals surface area (Å²) >= 11 is 5.98. The minimum absolute atomic E-state index is 0.0643. The minimum Gasteiger partial charge on any atom is -0.493 e. The summed E-state index contributed by atoms with van der Waals surface area (Å²) < 4.78 is 7.40. The van der Waals surface area contributed by atoms with Gasteiger partial charge in [0.25, 0.3) is 5.56 Å². The molecule has 28 heavy (non-hydrogen) atoms. The second kappa shape index (κ2) is 6.58. The van der Waals surface area contributed by atoms with Gasteiger partial charge in [0.05, 0.1) is 23.9 Å². The molecule has 2 aliphatic rings. The second-order valence-electron chi connectivity index (χ2n) is 7.73. The number of fused-ring (bicyclic) bond motifs is 4. The molecule has 7 heteroatoms. The van der Waals surface area contributed by atoms with Crippen molar-refractivity contribution in [3.63, 3.8) is 0 Å². The van der Waals surface area contributed by atoms with Crippen molar-refractivity contribution in [2.45, 2.75) is 12.5 Å². The molecule has 0 aliphatic carbocycles. The zero-order valence-corrected chi connectivity index (χ0v) is 16.0. The van der Waals surface area contributed by atoms with Crippen LogP contribution in [0.4, 0.5) is 0 Å². The first kappa shape index (κ1) is 17.7. The normalized spacial score (nSPS) is 24.0. The van der Waals surface area contributed by atoms with Gasteiger partial charge in [-0.05, 0) is 23.8 Å². The summed E-state index contributed by atoms with van der Waals surface area (Å²) in [6, 6.07) is 13.1. The zero-order chi connectivity index (χ0) is 19.3. The Hall–Kier alpha value is -2.41. The molecule has 144 valence electrons. The fraction of sp³-hybridized carbons (Fsp3) is 0.333. The van der Waals surface area contributed by atoms with Crippen molar-refractivity contribution < 1.29 is 9.84 Å². The minimum atomic E-state index is -0.326. The topological polar surface area (TPSA) is 67.1 Å². The van der Waals surface area contributed by atoms with Gasteiger partial charge in [-0.3, -0.25) is 14.1 Å². The number of hydrogen-bond donors (Lipinski definition) is 1. The molecule has 0 saturated carbocycles. The zero-order valence-electron chi connectivity index (χ0n) is 15.2. The molecule has 2 aliphatic heterocycles. The van der Waals surface area contributed by atoms with Crippen molar-refractivity contribution in [3.05, 3.63) is 75.3 Å². The van der Waals surface area contributed by atoms with Crippen LogP contribution in [0.2, 0.25) is 5.02 Å². The van der Waals surface area contributed by atoms with Crippen molar-refractivity contribution in [1.82, 2.24) is 14.3 Å². The summed E-state index contributed by atoms with van der Waals surface area (Å²) in [6.07, 6.45) is 1.58. The number of para-hydroxylation sites is 1. The van der Waals surface area contributed by atoms with Crippen LogP contribution in [0.3, 0.4) is 0 Å². The molecular weight excluding hydrogens is 378 g/mol. The molecule has 3 aromatic rings. The number of pyridine rings is 1. The lowest BCUT2D eigenvalue weighted by atomic mass is 9.74. The van der Waals surface area contributed by atoms with Crippen LogP contribution in [-0.4, -0.2) is 45.7 Å². The van der Waals surface area contributed by atoms with Gasteiger partial charge in [0.15, 0.2) is 0 Å². The standard InChI is InChI=1S/C21H20ClN3O3/c22-14-5-6-19-23-15(7-20(27)25(19)8-14)9-24-10-17-16-3-1-2-4-18(16)28-13-21(17,11-24)12-26/h1-8,17,26H,9-13H2.